The van der Waals surface area contributed by atoms with E-state index in [9.17, 15) is 4.79 Å². The summed E-state index contributed by atoms with van der Waals surface area (Å²) in [6.45, 7) is 4.14. The van der Waals surface area contributed by atoms with Crippen molar-refractivity contribution in [2.75, 3.05) is 5.32 Å². The molecule has 1 fully saturated rings. The predicted octanol–water partition coefficient (Wildman–Crippen LogP) is 2.45. The van der Waals surface area contributed by atoms with E-state index in [1.165, 1.54) is 11.3 Å². The smallest absolute Gasteiger partial charge is 0.279 e. The molecular formula is C12H15N5OS. The molecular weight excluding hydrogens is 262 g/mol. The average Bonchev–Trinajstić information content (AvgIpc) is 2.92. The van der Waals surface area contributed by atoms with Crippen LogP contribution in [0.4, 0.5) is 5.13 Å². The van der Waals surface area contributed by atoms with E-state index in [-0.39, 0.29) is 5.91 Å². The maximum Gasteiger partial charge on any atom is 0.279 e. The van der Waals surface area contributed by atoms with Gasteiger partial charge in [0.2, 0.25) is 0 Å². The van der Waals surface area contributed by atoms with Crippen LogP contribution in [0.15, 0.2) is 11.6 Å². The molecule has 1 aliphatic rings. The summed E-state index contributed by atoms with van der Waals surface area (Å²) in [5.41, 5.74) is 1.33. The van der Waals surface area contributed by atoms with Gasteiger partial charge in [-0.2, -0.15) is 0 Å². The Hall–Kier alpha value is -1.76. The highest BCUT2D eigenvalue weighted by Crippen LogP contribution is 2.33. The van der Waals surface area contributed by atoms with Crippen LogP contribution in [0.3, 0.4) is 0 Å². The zero-order valence-electron chi connectivity index (χ0n) is 10.8. The number of anilines is 1. The molecule has 3 rings (SSSR count). The number of amides is 1. The maximum atomic E-state index is 12.0. The Morgan fingerprint density at radius 2 is 2.32 bits per heavy atom. The second kappa shape index (κ2) is 4.73. The monoisotopic (exact) mass is 277 g/mol. The van der Waals surface area contributed by atoms with Crippen molar-refractivity contribution in [2.24, 2.45) is 0 Å². The van der Waals surface area contributed by atoms with Gasteiger partial charge in [0.15, 0.2) is 10.8 Å². The van der Waals surface area contributed by atoms with Gasteiger partial charge in [0.25, 0.3) is 5.91 Å². The van der Waals surface area contributed by atoms with Crippen LogP contribution in [0.5, 0.6) is 0 Å². The first kappa shape index (κ1) is 12.3. The molecule has 0 radical (unpaired) electrons. The van der Waals surface area contributed by atoms with Gasteiger partial charge in [0.05, 0.1) is 17.9 Å². The molecule has 100 valence electrons. The number of hydrogen-bond donors (Lipinski definition) is 1. The average molecular weight is 277 g/mol. The largest absolute Gasteiger partial charge is 0.296 e. The molecule has 1 N–H and O–H groups in total. The third-order valence-corrected chi connectivity index (χ3v) is 3.77. The van der Waals surface area contributed by atoms with E-state index in [1.54, 1.807) is 10.9 Å². The molecule has 2 heterocycles. The van der Waals surface area contributed by atoms with Crippen LogP contribution in [0.1, 0.15) is 54.8 Å². The van der Waals surface area contributed by atoms with Crippen LogP contribution in [-0.4, -0.2) is 25.9 Å². The van der Waals surface area contributed by atoms with Crippen LogP contribution < -0.4 is 5.32 Å². The van der Waals surface area contributed by atoms with Crippen LogP contribution >= 0.6 is 11.3 Å². The number of thiazole rings is 1. The molecule has 2 aromatic rings. The molecule has 2 aromatic heterocycles. The van der Waals surface area contributed by atoms with Gasteiger partial charge in [-0.05, 0) is 18.8 Å². The van der Waals surface area contributed by atoms with E-state index in [1.807, 2.05) is 5.38 Å². The van der Waals surface area contributed by atoms with Crippen LogP contribution in [0, 0.1) is 0 Å². The zero-order valence-corrected chi connectivity index (χ0v) is 11.6. The number of nitrogens with one attached hydrogen (secondary N) is 1. The minimum Gasteiger partial charge on any atom is -0.296 e. The highest BCUT2D eigenvalue weighted by atomic mass is 32.1. The zero-order chi connectivity index (χ0) is 13.4. The first-order valence-electron chi connectivity index (χ1n) is 6.32. The SMILES string of the molecule is CC(C)c1csc(NC(=O)c2cn(C3CC3)nn2)n1. The summed E-state index contributed by atoms with van der Waals surface area (Å²) in [4.78, 5) is 16.4. The van der Waals surface area contributed by atoms with Crippen molar-refractivity contribution < 1.29 is 4.79 Å². The topological polar surface area (TPSA) is 72.7 Å². The van der Waals surface area contributed by atoms with Gasteiger partial charge in [0.1, 0.15) is 0 Å². The molecule has 0 spiro atoms. The van der Waals surface area contributed by atoms with E-state index in [2.05, 4.69) is 34.5 Å². The van der Waals surface area contributed by atoms with Gasteiger partial charge in [-0.3, -0.25) is 10.1 Å². The van der Waals surface area contributed by atoms with Gasteiger partial charge in [0, 0.05) is 5.38 Å². The number of nitrogens with zero attached hydrogens (tertiary/aromatic N) is 4. The lowest BCUT2D eigenvalue weighted by Gasteiger charge is -1.98. The van der Waals surface area contributed by atoms with E-state index in [4.69, 9.17) is 0 Å². The molecule has 0 aliphatic heterocycles. The van der Waals surface area contributed by atoms with E-state index < -0.39 is 0 Å². The molecule has 1 saturated carbocycles. The number of rotatable bonds is 4. The van der Waals surface area contributed by atoms with E-state index in [0.717, 1.165) is 18.5 Å². The third kappa shape index (κ3) is 2.65. The lowest BCUT2D eigenvalue weighted by Crippen LogP contribution is -2.12. The third-order valence-electron chi connectivity index (χ3n) is 3.00. The van der Waals surface area contributed by atoms with Crippen molar-refractivity contribution >= 4 is 22.4 Å². The molecule has 0 bridgehead atoms. The van der Waals surface area contributed by atoms with Gasteiger partial charge < -0.3 is 0 Å². The summed E-state index contributed by atoms with van der Waals surface area (Å²) in [7, 11) is 0. The maximum absolute atomic E-state index is 12.0. The number of aromatic nitrogens is 4. The van der Waals surface area contributed by atoms with Gasteiger partial charge in [-0.1, -0.05) is 19.1 Å². The molecule has 0 atom stereocenters. The molecule has 6 nitrogen and oxygen atoms in total. The standard InChI is InChI=1S/C12H15N5OS/c1-7(2)10-6-19-12(13-10)14-11(18)9-5-17(16-15-9)8-3-4-8/h5-8H,3-4H2,1-2H3,(H,13,14,18). The Bertz CT molecular complexity index is 599. The minimum atomic E-state index is -0.253. The molecule has 1 amide bonds. The van der Waals surface area contributed by atoms with Crippen molar-refractivity contribution in [2.45, 2.75) is 38.6 Å². The predicted molar refractivity (Wildman–Crippen MR) is 72.4 cm³/mol. The second-order valence-electron chi connectivity index (χ2n) is 5.00. The highest BCUT2D eigenvalue weighted by Gasteiger charge is 2.26. The van der Waals surface area contributed by atoms with Crippen LogP contribution in [0.25, 0.3) is 0 Å². The Balaban J connectivity index is 1.68. The van der Waals surface area contributed by atoms with E-state index >= 15 is 0 Å². The minimum absolute atomic E-state index is 0.253. The molecule has 19 heavy (non-hydrogen) atoms. The molecule has 0 aromatic carbocycles. The van der Waals surface area contributed by atoms with Crippen molar-refractivity contribution in [1.82, 2.24) is 20.0 Å². The Kier molecular flexibility index (Phi) is 3.06. The van der Waals surface area contributed by atoms with Crippen molar-refractivity contribution in [3.05, 3.63) is 23.0 Å². The second-order valence-corrected chi connectivity index (χ2v) is 5.86. The number of carbonyl (C=O) groups is 1. The quantitative estimate of drug-likeness (QED) is 0.931. The van der Waals surface area contributed by atoms with Crippen LogP contribution in [-0.2, 0) is 0 Å². The van der Waals surface area contributed by atoms with Gasteiger partial charge >= 0.3 is 0 Å². The summed E-state index contributed by atoms with van der Waals surface area (Å²) in [5.74, 6) is 0.106. The summed E-state index contributed by atoms with van der Waals surface area (Å²) in [6, 6.07) is 0.432. The van der Waals surface area contributed by atoms with Crippen LogP contribution in [0.2, 0.25) is 0 Å². The number of carbonyl (C=O) groups excluding carboxylic acids is 1. The van der Waals surface area contributed by atoms with Crippen molar-refractivity contribution in [3.8, 4) is 0 Å². The number of hydrogen-bond acceptors (Lipinski definition) is 5. The fourth-order valence-electron chi connectivity index (χ4n) is 1.67. The summed E-state index contributed by atoms with van der Waals surface area (Å²) in [6.07, 6.45) is 3.94. The molecule has 0 saturated heterocycles. The molecule has 1 aliphatic carbocycles. The Labute approximate surface area is 114 Å². The highest BCUT2D eigenvalue weighted by molar-refractivity contribution is 7.14. The fourth-order valence-corrected chi connectivity index (χ4v) is 2.54. The Morgan fingerprint density at radius 3 is 2.95 bits per heavy atom. The summed E-state index contributed by atoms with van der Waals surface area (Å²) < 4.78 is 1.76. The normalized spacial score (nSPS) is 14.9. The van der Waals surface area contributed by atoms with Crippen molar-refractivity contribution in [1.29, 1.82) is 0 Å². The molecule has 0 unspecified atom stereocenters. The molecule has 7 heteroatoms. The van der Waals surface area contributed by atoms with Gasteiger partial charge in [-0.25, -0.2) is 9.67 Å². The van der Waals surface area contributed by atoms with Gasteiger partial charge in [-0.15, -0.1) is 16.4 Å². The fraction of sp³-hybridized carbons (Fsp3) is 0.500. The summed E-state index contributed by atoms with van der Waals surface area (Å²) >= 11 is 1.43. The van der Waals surface area contributed by atoms with E-state index in [0.29, 0.717) is 22.8 Å². The lowest BCUT2D eigenvalue weighted by molar-refractivity contribution is 0.102. The Morgan fingerprint density at radius 1 is 1.53 bits per heavy atom. The first-order chi connectivity index (χ1) is 9.13. The van der Waals surface area contributed by atoms with Crippen molar-refractivity contribution in [3.63, 3.8) is 0 Å². The lowest BCUT2D eigenvalue weighted by atomic mass is 10.2. The first-order valence-corrected chi connectivity index (χ1v) is 7.20. The summed E-state index contributed by atoms with van der Waals surface area (Å²) in [5, 5.41) is 13.2.